The molecule has 4 rings (SSSR count). The Morgan fingerprint density at radius 3 is 2.55 bits per heavy atom. The van der Waals surface area contributed by atoms with E-state index in [0.29, 0.717) is 27.5 Å². The van der Waals surface area contributed by atoms with E-state index in [0.717, 1.165) is 37.0 Å². The van der Waals surface area contributed by atoms with Gasteiger partial charge in [-0.2, -0.15) is 0 Å². The van der Waals surface area contributed by atoms with Gasteiger partial charge in [-0.05, 0) is 43.5 Å². The highest BCUT2D eigenvalue weighted by Crippen LogP contribution is 2.36. The Bertz CT molecular complexity index is 1030. The number of hydrogen-bond acceptors (Lipinski definition) is 7. The predicted octanol–water partition coefficient (Wildman–Crippen LogP) is 3.89. The van der Waals surface area contributed by atoms with Gasteiger partial charge in [0.15, 0.2) is 11.5 Å². The van der Waals surface area contributed by atoms with Crippen molar-refractivity contribution in [3.05, 3.63) is 39.8 Å². The Labute approximate surface area is 183 Å². The van der Waals surface area contributed by atoms with Gasteiger partial charge in [0.25, 0.3) is 11.8 Å². The number of benzene rings is 1. The molecule has 1 fully saturated rings. The van der Waals surface area contributed by atoms with E-state index >= 15 is 0 Å². The van der Waals surface area contributed by atoms with Crippen LogP contribution >= 0.6 is 11.3 Å². The molecule has 2 N–H and O–H groups in total. The summed E-state index contributed by atoms with van der Waals surface area (Å²) in [6, 6.07) is 4.97. The lowest BCUT2D eigenvalue weighted by atomic mass is 9.95. The van der Waals surface area contributed by atoms with Gasteiger partial charge in [-0.15, -0.1) is 11.3 Å². The number of ether oxygens (including phenoxy) is 3. The van der Waals surface area contributed by atoms with E-state index in [4.69, 9.17) is 14.2 Å². The zero-order valence-corrected chi connectivity index (χ0v) is 18.2. The second-order valence-electron chi connectivity index (χ2n) is 7.58. The van der Waals surface area contributed by atoms with Crippen molar-refractivity contribution in [2.45, 2.75) is 45.1 Å². The van der Waals surface area contributed by atoms with E-state index in [1.807, 2.05) is 0 Å². The lowest BCUT2D eigenvalue weighted by molar-refractivity contribution is 0.0601. The highest BCUT2D eigenvalue weighted by atomic mass is 32.1. The van der Waals surface area contributed by atoms with Crippen LogP contribution in [0.5, 0.6) is 11.5 Å². The van der Waals surface area contributed by atoms with Crippen molar-refractivity contribution in [2.75, 3.05) is 19.2 Å². The Morgan fingerprint density at radius 2 is 1.81 bits per heavy atom. The molecule has 0 saturated heterocycles. The Hall–Kier alpha value is -3.07. The molecule has 0 atom stereocenters. The van der Waals surface area contributed by atoms with Gasteiger partial charge in [0.05, 0.1) is 17.6 Å². The fraction of sp³-hybridized carbons (Fsp3) is 0.409. The largest absolute Gasteiger partial charge is 0.465 e. The van der Waals surface area contributed by atoms with Crippen molar-refractivity contribution in [2.24, 2.45) is 0 Å². The molecule has 0 bridgehead atoms. The maximum atomic E-state index is 12.9. The van der Waals surface area contributed by atoms with Gasteiger partial charge in [0, 0.05) is 11.6 Å². The highest BCUT2D eigenvalue weighted by molar-refractivity contribution is 7.18. The van der Waals surface area contributed by atoms with Gasteiger partial charge >= 0.3 is 5.97 Å². The van der Waals surface area contributed by atoms with E-state index in [1.165, 1.54) is 13.5 Å². The van der Waals surface area contributed by atoms with Gasteiger partial charge < -0.3 is 24.8 Å². The Morgan fingerprint density at radius 1 is 1.06 bits per heavy atom. The van der Waals surface area contributed by atoms with Crippen LogP contribution in [0.25, 0.3) is 0 Å². The number of rotatable bonds is 5. The average molecular weight is 445 g/mol. The zero-order chi connectivity index (χ0) is 22.0. The molecule has 0 unspecified atom stereocenters. The summed E-state index contributed by atoms with van der Waals surface area (Å²) in [5.74, 6) is -0.213. The summed E-state index contributed by atoms with van der Waals surface area (Å²) in [6.45, 7) is 1.80. The first-order valence-electron chi connectivity index (χ1n) is 10.2. The summed E-state index contributed by atoms with van der Waals surface area (Å²) in [6.07, 6.45) is 5.28. The first-order valence-corrected chi connectivity index (χ1v) is 11.0. The van der Waals surface area contributed by atoms with E-state index in [2.05, 4.69) is 10.6 Å². The zero-order valence-electron chi connectivity index (χ0n) is 17.4. The van der Waals surface area contributed by atoms with E-state index < -0.39 is 11.9 Å². The van der Waals surface area contributed by atoms with E-state index in [9.17, 15) is 14.4 Å². The maximum Gasteiger partial charge on any atom is 0.341 e. The van der Waals surface area contributed by atoms with Crippen LogP contribution in [0.4, 0.5) is 5.00 Å². The second-order valence-corrected chi connectivity index (χ2v) is 8.60. The van der Waals surface area contributed by atoms with Crippen molar-refractivity contribution < 1.29 is 28.6 Å². The van der Waals surface area contributed by atoms with Gasteiger partial charge in [-0.3, -0.25) is 9.59 Å². The van der Waals surface area contributed by atoms with Crippen molar-refractivity contribution in [3.63, 3.8) is 0 Å². The molecule has 0 spiro atoms. The predicted molar refractivity (Wildman–Crippen MR) is 115 cm³/mol. The van der Waals surface area contributed by atoms with Crippen molar-refractivity contribution in [3.8, 4) is 11.5 Å². The smallest absolute Gasteiger partial charge is 0.341 e. The molecule has 1 aromatic heterocycles. The molecule has 1 aliphatic heterocycles. The maximum absolute atomic E-state index is 12.9. The number of carbonyl (C=O) groups is 3. The van der Waals surface area contributed by atoms with Crippen LogP contribution in [0.2, 0.25) is 0 Å². The fourth-order valence-electron chi connectivity index (χ4n) is 3.88. The normalized spacial score (nSPS) is 15.4. The molecule has 31 heavy (non-hydrogen) atoms. The number of amides is 2. The van der Waals surface area contributed by atoms with Crippen LogP contribution in [0.15, 0.2) is 18.2 Å². The third kappa shape index (κ3) is 4.36. The number of nitrogens with one attached hydrogen (secondary N) is 2. The standard InChI is InChI=1S/C22H24N2O6S/c1-12-17(22(27)28-2)21(31-18(12)20(26)23-14-6-4-3-5-7-14)24-19(25)13-8-9-15-16(10-13)30-11-29-15/h8-10,14H,3-7,11H2,1-2H3,(H,23,26)(H,24,25). The average Bonchev–Trinajstić information content (AvgIpc) is 3.37. The van der Waals surface area contributed by atoms with Gasteiger partial charge in [0.2, 0.25) is 6.79 Å². The molecule has 0 radical (unpaired) electrons. The number of esters is 1. The van der Waals surface area contributed by atoms with Crippen LogP contribution < -0.4 is 20.1 Å². The van der Waals surface area contributed by atoms with Crippen LogP contribution in [-0.2, 0) is 4.74 Å². The monoisotopic (exact) mass is 444 g/mol. The number of methoxy groups -OCH3 is 1. The number of carbonyl (C=O) groups excluding carboxylic acids is 3. The number of thiophene rings is 1. The van der Waals surface area contributed by atoms with Crippen LogP contribution in [-0.4, -0.2) is 37.7 Å². The summed E-state index contributed by atoms with van der Waals surface area (Å²) < 4.78 is 15.5. The van der Waals surface area contributed by atoms with Crippen LogP contribution in [0.3, 0.4) is 0 Å². The summed E-state index contributed by atoms with van der Waals surface area (Å²) in [5.41, 5.74) is 1.03. The molecule has 2 heterocycles. The first kappa shape index (κ1) is 21.2. The van der Waals surface area contributed by atoms with Crippen LogP contribution in [0.1, 0.15) is 68.1 Å². The van der Waals surface area contributed by atoms with Gasteiger partial charge in [0.1, 0.15) is 5.00 Å². The van der Waals surface area contributed by atoms with Crippen molar-refractivity contribution in [1.29, 1.82) is 0 Å². The molecule has 8 nitrogen and oxygen atoms in total. The van der Waals surface area contributed by atoms with Crippen LogP contribution in [0, 0.1) is 6.92 Å². The molecule has 2 aromatic rings. The Balaban J connectivity index is 1.58. The topological polar surface area (TPSA) is 103 Å². The van der Waals surface area contributed by atoms with Crippen molar-refractivity contribution >= 4 is 34.1 Å². The quantitative estimate of drug-likeness (QED) is 0.679. The number of anilines is 1. The Kier molecular flexibility index (Phi) is 6.13. The summed E-state index contributed by atoms with van der Waals surface area (Å²) >= 11 is 1.07. The minimum absolute atomic E-state index is 0.108. The molecule has 2 aliphatic rings. The molecule has 1 aliphatic carbocycles. The molecule has 1 aromatic carbocycles. The van der Waals surface area contributed by atoms with Crippen molar-refractivity contribution in [1.82, 2.24) is 5.32 Å². The lowest BCUT2D eigenvalue weighted by Gasteiger charge is -2.22. The number of hydrogen-bond donors (Lipinski definition) is 2. The third-order valence-electron chi connectivity index (χ3n) is 5.54. The second kappa shape index (κ2) is 8.97. The minimum Gasteiger partial charge on any atom is -0.465 e. The first-order chi connectivity index (χ1) is 15.0. The summed E-state index contributed by atoms with van der Waals surface area (Å²) in [7, 11) is 1.27. The highest BCUT2D eigenvalue weighted by Gasteiger charge is 2.28. The van der Waals surface area contributed by atoms with Gasteiger partial charge in [-0.25, -0.2) is 4.79 Å². The fourth-order valence-corrected chi connectivity index (χ4v) is 4.97. The lowest BCUT2D eigenvalue weighted by Crippen LogP contribution is -2.36. The summed E-state index contributed by atoms with van der Waals surface area (Å²) in [4.78, 5) is 38.5. The van der Waals surface area contributed by atoms with E-state index in [-0.39, 0.29) is 29.3 Å². The molecular formula is C22H24N2O6S. The minimum atomic E-state index is -0.605. The molecule has 1 saturated carbocycles. The third-order valence-corrected chi connectivity index (χ3v) is 6.75. The van der Waals surface area contributed by atoms with Gasteiger partial charge in [-0.1, -0.05) is 19.3 Å². The molecule has 2 amide bonds. The molecule has 164 valence electrons. The number of fused-ring (bicyclic) bond motifs is 1. The summed E-state index contributed by atoms with van der Waals surface area (Å²) in [5, 5.41) is 6.10. The SMILES string of the molecule is COC(=O)c1c(NC(=O)c2ccc3c(c2)OCO3)sc(C(=O)NC2CCCCC2)c1C. The molecular weight excluding hydrogens is 420 g/mol. The molecule has 9 heteroatoms. The van der Waals surface area contributed by atoms with E-state index in [1.54, 1.807) is 25.1 Å².